The molecule has 1 aliphatic rings. The SMILES string of the molecule is CC(C(=O)Nc1ccc(Oc2ccc(F)cc2F)cn1)N1CCC(F)(F)C(c2c[nH]c(=O)c([C@](N)(F)C(F)F)c2)C1. The van der Waals surface area contributed by atoms with Crippen molar-refractivity contribution in [1.29, 1.82) is 0 Å². The van der Waals surface area contributed by atoms with E-state index in [1.807, 2.05) is 4.98 Å². The number of anilines is 1. The van der Waals surface area contributed by atoms with Gasteiger partial charge in [-0.3, -0.25) is 20.2 Å². The number of halogens is 7. The standard InChI is InChI=1S/C26H24F7N5O3/c1-13(22(39)37-21-5-3-16(11-35-21)41-20-4-2-15(27)9-19(20)28)38-7-6-25(31,32)18(12-38)14-8-17(23(40)36-10-14)26(33,34)24(29)30/h2-5,8-11,13,18,24H,6-7,12,34H2,1H3,(H,36,40)(H,35,37,39)/t13?,18?,26-/m1/s1. The molecule has 1 aromatic carbocycles. The predicted molar refractivity (Wildman–Crippen MR) is 133 cm³/mol. The molecule has 0 radical (unpaired) electrons. The number of rotatable bonds is 8. The van der Waals surface area contributed by atoms with Crippen molar-refractivity contribution in [2.45, 2.75) is 43.4 Å². The number of ether oxygens (including phenoxy) is 1. The maximum atomic E-state index is 14.9. The second kappa shape index (κ2) is 11.5. The van der Waals surface area contributed by atoms with Crippen molar-refractivity contribution in [2.24, 2.45) is 5.73 Å². The first kappa shape index (κ1) is 30.0. The summed E-state index contributed by atoms with van der Waals surface area (Å²) in [6, 6.07) is 5.08. The number of amides is 1. The van der Waals surface area contributed by atoms with E-state index in [9.17, 15) is 40.3 Å². The Hall–Kier alpha value is -3.98. The van der Waals surface area contributed by atoms with Crippen LogP contribution >= 0.6 is 0 Å². The number of nitrogens with one attached hydrogen (secondary N) is 2. The van der Waals surface area contributed by atoms with Gasteiger partial charge in [-0.25, -0.2) is 35.7 Å². The van der Waals surface area contributed by atoms with Crippen molar-refractivity contribution < 1.29 is 40.3 Å². The lowest BCUT2D eigenvalue weighted by Crippen LogP contribution is -2.52. The van der Waals surface area contributed by atoms with Crippen LogP contribution in [0.3, 0.4) is 0 Å². The van der Waals surface area contributed by atoms with Crippen molar-refractivity contribution in [1.82, 2.24) is 14.9 Å². The maximum absolute atomic E-state index is 14.9. The van der Waals surface area contributed by atoms with E-state index in [-0.39, 0.29) is 29.4 Å². The molecule has 3 atom stereocenters. The summed E-state index contributed by atoms with van der Waals surface area (Å²) in [5.74, 6) is -11.3. The molecule has 3 aromatic rings. The zero-order chi connectivity index (χ0) is 30.1. The number of likely N-dealkylation sites (tertiary alicyclic amines) is 1. The van der Waals surface area contributed by atoms with Gasteiger partial charge in [0.15, 0.2) is 11.6 Å². The zero-order valence-corrected chi connectivity index (χ0v) is 21.3. The first-order valence-corrected chi connectivity index (χ1v) is 12.2. The molecule has 3 heterocycles. The number of piperidine rings is 1. The normalized spacial score (nSPS) is 19.4. The summed E-state index contributed by atoms with van der Waals surface area (Å²) in [6.45, 7) is 0.806. The highest BCUT2D eigenvalue weighted by molar-refractivity contribution is 5.93. The fourth-order valence-electron chi connectivity index (χ4n) is 4.33. The fraction of sp³-hybridized carbons (Fsp3) is 0.346. The Labute approximate surface area is 228 Å². The molecule has 4 rings (SSSR count). The Bertz CT molecular complexity index is 1470. The molecular weight excluding hydrogens is 563 g/mol. The van der Waals surface area contributed by atoms with Gasteiger partial charge in [0, 0.05) is 31.8 Å². The molecule has 15 heteroatoms. The van der Waals surface area contributed by atoms with E-state index in [1.54, 1.807) is 0 Å². The van der Waals surface area contributed by atoms with Crippen LogP contribution in [-0.2, 0) is 10.6 Å². The molecule has 1 aliphatic heterocycles. The minimum Gasteiger partial charge on any atom is -0.453 e. The van der Waals surface area contributed by atoms with Crippen LogP contribution in [-0.4, -0.2) is 52.3 Å². The van der Waals surface area contributed by atoms with Crippen molar-refractivity contribution in [3.63, 3.8) is 0 Å². The van der Waals surface area contributed by atoms with E-state index < -0.39 is 71.7 Å². The molecule has 0 saturated carbocycles. The van der Waals surface area contributed by atoms with Gasteiger partial charge in [-0.05, 0) is 42.8 Å². The maximum Gasteiger partial charge on any atom is 0.289 e. The van der Waals surface area contributed by atoms with Gasteiger partial charge in [0.05, 0.1) is 23.7 Å². The summed E-state index contributed by atoms with van der Waals surface area (Å²) in [4.78, 5) is 32.2. The number of pyridine rings is 2. The van der Waals surface area contributed by atoms with Crippen LogP contribution in [0.15, 0.2) is 53.6 Å². The van der Waals surface area contributed by atoms with Crippen LogP contribution < -0.4 is 21.3 Å². The van der Waals surface area contributed by atoms with Crippen LogP contribution in [0.25, 0.3) is 0 Å². The van der Waals surface area contributed by atoms with Crippen LogP contribution in [0.2, 0.25) is 0 Å². The number of hydrogen-bond donors (Lipinski definition) is 3. The Morgan fingerprint density at radius 2 is 1.98 bits per heavy atom. The second-order valence-corrected chi connectivity index (χ2v) is 9.52. The van der Waals surface area contributed by atoms with E-state index >= 15 is 0 Å². The number of H-pyrrole nitrogens is 1. The molecule has 220 valence electrons. The molecule has 1 amide bonds. The number of aromatic amines is 1. The van der Waals surface area contributed by atoms with Crippen LogP contribution in [0.1, 0.15) is 30.4 Å². The molecule has 1 saturated heterocycles. The first-order valence-electron chi connectivity index (χ1n) is 12.2. The van der Waals surface area contributed by atoms with E-state index in [0.29, 0.717) is 12.1 Å². The summed E-state index contributed by atoms with van der Waals surface area (Å²) >= 11 is 0. The summed E-state index contributed by atoms with van der Waals surface area (Å²) < 4.78 is 103. The molecule has 4 N–H and O–H groups in total. The lowest BCUT2D eigenvalue weighted by atomic mass is 9.86. The number of carbonyl (C=O) groups is 1. The largest absolute Gasteiger partial charge is 0.453 e. The Morgan fingerprint density at radius 1 is 1.24 bits per heavy atom. The van der Waals surface area contributed by atoms with Crippen LogP contribution in [0, 0.1) is 11.6 Å². The summed E-state index contributed by atoms with van der Waals surface area (Å²) in [5, 5.41) is 2.52. The summed E-state index contributed by atoms with van der Waals surface area (Å²) in [7, 11) is 0. The smallest absolute Gasteiger partial charge is 0.289 e. The van der Waals surface area contributed by atoms with Crippen LogP contribution in [0.4, 0.5) is 36.6 Å². The predicted octanol–water partition coefficient (Wildman–Crippen LogP) is 4.64. The Balaban J connectivity index is 1.45. The number of nitrogens with zero attached hydrogens (tertiary/aromatic N) is 2. The molecule has 0 bridgehead atoms. The average Bonchev–Trinajstić information content (AvgIpc) is 2.91. The third kappa shape index (κ3) is 6.51. The molecule has 41 heavy (non-hydrogen) atoms. The number of nitrogens with two attached hydrogens (primary N) is 1. The van der Waals surface area contributed by atoms with Gasteiger partial charge in [0.25, 0.3) is 23.7 Å². The molecule has 1 fully saturated rings. The number of aromatic nitrogens is 2. The lowest BCUT2D eigenvalue weighted by molar-refractivity contribution is -0.125. The van der Waals surface area contributed by atoms with E-state index in [0.717, 1.165) is 18.3 Å². The van der Waals surface area contributed by atoms with Gasteiger partial charge in [0.1, 0.15) is 17.4 Å². The average molecular weight is 587 g/mol. The van der Waals surface area contributed by atoms with Crippen molar-refractivity contribution in [3.8, 4) is 11.5 Å². The number of carbonyl (C=O) groups excluding carboxylic acids is 1. The highest BCUT2D eigenvalue weighted by Crippen LogP contribution is 2.41. The molecular formula is C26H24F7N5O3. The van der Waals surface area contributed by atoms with E-state index in [4.69, 9.17) is 10.5 Å². The summed E-state index contributed by atoms with van der Waals surface area (Å²) in [6.07, 6.45) is -2.45. The lowest BCUT2D eigenvalue weighted by Gasteiger charge is -2.40. The number of hydrogen-bond acceptors (Lipinski definition) is 6. The van der Waals surface area contributed by atoms with Gasteiger partial charge < -0.3 is 15.0 Å². The molecule has 0 aliphatic carbocycles. The minimum absolute atomic E-state index is 0.0622. The Kier molecular flexibility index (Phi) is 8.40. The second-order valence-electron chi connectivity index (χ2n) is 9.52. The van der Waals surface area contributed by atoms with Gasteiger partial charge in [-0.2, -0.15) is 0 Å². The van der Waals surface area contributed by atoms with Gasteiger partial charge in [-0.15, -0.1) is 0 Å². The van der Waals surface area contributed by atoms with Crippen molar-refractivity contribution >= 4 is 11.7 Å². The molecule has 2 unspecified atom stereocenters. The topological polar surface area (TPSA) is 113 Å². The molecule has 2 aromatic heterocycles. The van der Waals surface area contributed by atoms with E-state index in [1.165, 1.54) is 30.2 Å². The first-order chi connectivity index (χ1) is 19.2. The minimum atomic E-state index is -3.86. The van der Waals surface area contributed by atoms with Crippen LogP contribution in [0.5, 0.6) is 11.5 Å². The monoisotopic (exact) mass is 587 g/mol. The van der Waals surface area contributed by atoms with Crippen molar-refractivity contribution in [3.05, 3.63) is 81.9 Å². The third-order valence-corrected chi connectivity index (χ3v) is 6.75. The quantitative estimate of drug-likeness (QED) is 0.262. The van der Waals surface area contributed by atoms with Gasteiger partial charge in [0.2, 0.25) is 5.91 Å². The molecule has 0 spiro atoms. The number of alkyl halides is 5. The van der Waals surface area contributed by atoms with Gasteiger partial charge in [-0.1, -0.05) is 0 Å². The third-order valence-electron chi connectivity index (χ3n) is 6.75. The highest BCUT2D eigenvalue weighted by Gasteiger charge is 2.48. The van der Waals surface area contributed by atoms with Crippen molar-refractivity contribution in [2.75, 3.05) is 18.4 Å². The Morgan fingerprint density at radius 3 is 2.61 bits per heavy atom. The highest BCUT2D eigenvalue weighted by atomic mass is 19.3. The molecule has 8 nitrogen and oxygen atoms in total. The number of benzene rings is 1. The summed E-state index contributed by atoms with van der Waals surface area (Å²) in [5.41, 5.74) is 2.16. The fourth-order valence-corrected chi connectivity index (χ4v) is 4.33. The zero-order valence-electron chi connectivity index (χ0n) is 21.3. The van der Waals surface area contributed by atoms with E-state index in [2.05, 4.69) is 10.3 Å². The van der Waals surface area contributed by atoms with Gasteiger partial charge >= 0.3 is 0 Å².